The fourth-order valence-electron chi connectivity index (χ4n) is 0.496. The summed E-state index contributed by atoms with van der Waals surface area (Å²) in [5, 5.41) is 0. The van der Waals surface area contributed by atoms with E-state index < -0.39 is 0 Å². The molecule has 0 aromatic heterocycles. The normalized spacial score (nSPS) is 16.3. The molecule has 0 amide bonds. The van der Waals surface area contributed by atoms with Gasteiger partial charge < -0.3 is 5.73 Å². The molecular weight excluding hydrogens is 86.1 g/mol. The van der Waals surface area contributed by atoms with Gasteiger partial charge in [0, 0.05) is 5.70 Å². The predicted octanol–water partition coefficient (Wildman–Crippen LogP) is 1.18. The SMILES string of the molecule is C=CC(N)=C1CC1. The summed E-state index contributed by atoms with van der Waals surface area (Å²) in [6.45, 7) is 3.54. The van der Waals surface area contributed by atoms with Crippen molar-refractivity contribution in [3.63, 3.8) is 0 Å². The van der Waals surface area contributed by atoms with E-state index in [2.05, 4.69) is 6.58 Å². The second-order valence-corrected chi connectivity index (χ2v) is 1.76. The Bertz CT molecular complexity index is 116. The molecule has 0 aromatic rings. The molecule has 0 heterocycles. The molecule has 2 N–H and O–H groups in total. The maximum Gasteiger partial charge on any atom is 0.0300 e. The molecule has 1 rings (SSSR count). The van der Waals surface area contributed by atoms with Crippen molar-refractivity contribution in [2.45, 2.75) is 12.8 Å². The standard InChI is InChI=1S/C6H9N/c1-2-6(7)5-3-4-5/h2H,1,3-4,7H2. The van der Waals surface area contributed by atoms with Crippen molar-refractivity contribution in [2.75, 3.05) is 0 Å². The predicted molar refractivity (Wildman–Crippen MR) is 30.6 cm³/mol. The van der Waals surface area contributed by atoms with Crippen LogP contribution in [-0.4, -0.2) is 0 Å². The number of nitrogens with two attached hydrogens (primary N) is 1. The van der Waals surface area contributed by atoms with Crippen LogP contribution in [0.5, 0.6) is 0 Å². The smallest absolute Gasteiger partial charge is 0.0300 e. The first-order chi connectivity index (χ1) is 3.34. The molecule has 0 radical (unpaired) electrons. The lowest BCUT2D eigenvalue weighted by Crippen LogP contribution is -1.90. The lowest BCUT2D eigenvalue weighted by molar-refractivity contribution is 1.40. The van der Waals surface area contributed by atoms with E-state index in [1.807, 2.05) is 0 Å². The Morgan fingerprint density at radius 2 is 2.29 bits per heavy atom. The summed E-state index contributed by atoms with van der Waals surface area (Å²) in [6.07, 6.45) is 4.10. The van der Waals surface area contributed by atoms with Gasteiger partial charge in [0.1, 0.15) is 0 Å². The Hall–Kier alpha value is -0.720. The molecule has 0 spiro atoms. The van der Waals surface area contributed by atoms with Crippen LogP contribution in [0, 0.1) is 0 Å². The summed E-state index contributed by atoms with van der Waals surface area (Å²) >= 11 is 0. The molecule has 1 saturated carbocycles. The zero-order valence-electron chi connectivity index (χ0n) is 4.28. The van der Waals surface area contributed by atoms with Crippen LogP contribution in [-0.2, 0) is 0 Å². The monoisotopic (exact) mass is 95.1 g/mol. The summed E-state index contributed by atoms with van der Waals surface area (Å²) in [4.78, 5) is 0. The zero-order chi connectivity index (χ0) is 5.28. The Morgan fingerprint density at radius 1 is 1.71 bits per heavy atom. The minimum absolute atomic E-state index is 0.889. The van der Waals surface area contributed by atoms with Crippen molar-refractivity contribution in [2.24, 2.45) is 5.73 Å². The van der Waals surface area contributed by atoms with Gasteiger partial charge in [-0.15, -0.1) is 0 Å². The van der Waals surface area contributed by atoms with Gasteiger partial charge in [-0.1, -0.05) is 6.58 Å². The maximum absolute atomic E-state index is 5.44. The fourth-order valence-corrected chi connectivity index (χ4v) is 0.496. The molecule has 0 atom stereocenters. The number of hydrogen-bond donors (Lipinski definition) is 1. The minimum atomic E-state index is 0.889. The molecule has 38 valence electrons. The average Bonchev–Trinajstić information content (AvgIpc) is 2.44. The molecule has 0 unspecified atom stereocenters. The zero-order valence-corrected chi connectivity index (χ0v) is 4.28. The van der Waals surface area contributed by atoms with E-state index in [-0.39, 0.29) is 0 Å². The first-order valence-electron chi connectivity index (χ1n) is 2.44. The van der Waals surface area contributed by atoms with Gasteiger partial charge in [-0.2, -0.15) is 0 Å². The maximum atomic E-state index is 5.44. The molecule has 0 saturated heterocycles. The third-order valence-corrected chi connectivity index (χ3v) is 1.13. The van der Waals surface area contributed by atoms with Crippen LogP contribution in [0.2, 0.25) is 0 Å². The lowest BCUT2D eigenvalue weighted by Gasteiger charge is -1.82. The fraction of sp³-hybridized carbons (Fsp3) is 0.333. The Morgan fingerprint density at radius 3 is 2.43 bits per heavy atom. The highest BCUT2D eigenvalue weighted by atomic mass is 14.6. The topological polar surface area (TPSA) is 26.0 Å². The van der Waals surface area contributed by atoms with E-state index >= 15 is 0 Å². The molecule has 0 aromatic carbocycles. The van der Waals surface area contributed by atoms with Crippen molar-refractivity contribution in [3.05, 3.63) is 23.9 Å². The number of hydrogen-bond acceptors (Lipinski definition) is 1. The molecule has 1 nitrogen and oxygen atoms in total. The van der Waals surface area contributed by atoms with E-state index in [9.17, 15) is 0 Å². The van der Waals surface area contributed by atoms with E-state index in [1.54, 1.807) is 6.08 Å². The molecule has 0 bridgehead atoms. The summed E-state index contributed by atoms with van der Waals surface area (Å²) < 4.78 is 0. The van der Waals surface area contributed by atoms with Crippen molar-refractivity contribution in [1.82, 2.24) is 0 Å². The van der Waals surface area contributed by atoms with Gasteiger partial charge in [-0.05, 0) is 24.5 Å². The minimum Gasteiger partial charge on any atom is -0.399 e. The molecule has 1 heteroatoms. The average molecular weight is 95.1 g/mol. The van der Waals surface area contributed by atoms with Gasteiger partial charge in [-0.3, -0.25) is 0 Å². The first kappa shape index (κ1) is 4.44. The van der Waals surface area contributed by atoms with Crippen LogP contribution in [0.4, 0.5) is 0 Å². The van der Waals surface area contributed by atoms with E-state index in [4.69, 9.17) is 5.73 Å². The Labute approximate surface area is 43.5 Å². The van der Waals surface area contributed by atoms with Crippen LogP contribution in [0.15, 0.2) is 23.9 Å². The summed E-state index contributed by atoms with van der Waals surface area (Å²) in [5.41, 5.74) is 7.70. The highest BCUT2D eigenvalue weighted by Crippen LogP contribution is 2.29. The summed E-state index contributed by atoms with van der Waals surface area (Å²) in [7, 11) is 0. The Balaban J connectivity index is 2.65. The quantitative estimate of drug-likeness (QED) is 0.520. The summed E-state index contributed by atoms with van der Waals surface area (Å²) in [6, 6.07) is 0. The van der Waals surface area contributed by atoms with Crippen molar-refractivity contribution in [3.8, 4) is 0 Å². The van der Waals surface area contributed by atoms with E-state index in [0.717, 1.165) is 5.70 Å². The van der Waals surface area contributed by atoms with E-state index in [1.165, 1.54) is 18.4 Å². The van der Waals surface area contributed by atoms with Gasteiger partial charge in [0.25, 0.3) is 0 Å². The molecule has 7 heavy (non-hydrogen) atoms. The van der Waals surface area contributed by atoms with Crippen molar-refractivity contribution in [1.29, 1.82) is 0 Å². The highest BCUT2D eigenvalue weighted by Gasteiger charge is 2.12. The molecular formula is C6H9N. The summed E-state index contributed by atoms with van der Waals surface area (Å²) in [5.74, 6) is 0. The number of rotatable bonds is 1. The Kier molecular flexibility index (Phi) is 0.895. The third-order valence-electron chi connectivity index (χ3n) is 1.13. The van der Waals surface area contributed by atoms with Crippen LogP contribution in [0.1, 0.15) is 12.8 Å². The van der Waals surface area contributed by atoms with Gasteiger partial charge in [0.05, 0.1) is 0 Å². The second kappa shape index (κ2) is 1.41. The van der Waals surface area contributed by atoms with Crippen molar-refractivity contribution >= 4 is 0 Å². The second-order valence-electron chi connectivity index (χ2n) is 1.76. The van der Waals surface area contributed by atoms with Gasteiger partial charge >= 0.3 is 0 Å². The lowest BCUT2D eigenvalue weighted by atomic mass is 10.4. The largest absolute Gasteiger partial charge is 0.399 e. The first-order valence-corrected chi connectivity index (χ1v) is 2.44. The van der Waals surface area contributed by atoms with Gasteiger partial charge in [0.15, 0.2) is 0 Å². The third kappa shape index (κ3) is 0.829. The van der Waals surface area contributed by atoms with Gasteiger partial charge in [-0.25, -0.2) is 0 Å². The molecule has 1 aliphatic rings. The van der Waals surface area contributed by atoms with Crippen LogP contribution < -0.4 is 5.73 Å². The number of allylic oxidation sites excluding steroid dienone is 2. The van der Waals surface area contributed by atoms with Crippen LogP contribution >= 0.6 is 0 Å². The molecule has 1 aliphatic carbocycles. The van der Waals surface area contributed by atoms with Gasteiger partial charge in [0.2, 0.25) is 0 Å². The van der Waals surface area contributed by atoms with E-state index in [0.29, 0.717) is 0 Å². The van der Waals surface area contributed by atoms with Crippen LogP contribution in [0.3, 0.4) is 0 Å². The molecule has 0 aliphatic heterocycles. The van der Waals surface area contributed by atoms with Crippen molar-refractivity contribution < 1.29 is 0 Å². The van der Waals surface area contributed by atoms with Crippen LogP contribution in [0.25, 0.3) is 0 Å². The molecule has 1 fully saturated rings. The highest BCUT2D eigenvalue weighted by molar-refractivity contribution is 5.29.